The van der Waals surface area contributed by atoms with Crippen LogP contribution in [0.3, 0.4) is 0 Å². The molecule has 2 heterocycles. The van der Waals surface area contributed by atoms with Crippen LogP contribution in [0.1, 0.15) is 0 Å². The highest BCUT2D eigenvalue weighted by Crippen LogP contribution is 2.01. The fraction of sp³-hybridized carbons (Fsp3) is 0. The normalized spacial score (nSPS) is 21.3. The molecule has 0 atom stereocenters. The lowest BCUT2D eigenvalue weighted by Crippen LogP contribution is -2.29. The molecule has 4 nitrogen and oxygen atoms in total. The van der Waals surface area contributed by atoms with Crippen molar-refractivity contribution in [2.75, 3.05) is 0 Å². The van der Waals surface area contributed by atoms with Crippen LogP contribution in [-0.4, -0.2) is 10.8 Å². The summed E-state index contributed by atoms with van der Waals surface area (Å²) in [6, 6.07) is 0. The van der Waals surface area contributed by atoms with Gasteiger partial charge in [0.05, 0.1) is 0 Å². The minimum absolute atomic E-state index is 0.831. The minimum Gasteiger partial charge on any atom is -0.226 e. The maximum atomic E-state index is 3.85. The Balaban J connectivity index is 2.33. The Kier molecular flexibility index (Phi) is 0.811. The van der Waals surface area contributed by atoms with Gasteiger partial charge in [-0.25, -0.2) is 10.5 Å². The predicted molar refractivity (Wildman–Crippen MR) is 32.8 cm³/mol. The van der Waals surface area contributed by atoms with Crippen LogP contribution >= 0.6 is 0 Å². The van der Waals surface area contributed by atoms with Gasteiger partial charge in [0.2, 0.25) is 0 Å². The van der Waals surface area contributed by atoms with Gasteiger partial charge < -0.3 is 0 Å². The highest BCUT2D eigenvalue weighted by atomic mass is 15.8. The number of amidine groups is 1. The highest BCUT2D eigenvalue weighted by molar-refractivity contribution is 5.94. The van der Waals surface area contributed by atoms with Crippen molar-refractivity contribution in [3.05, 3.63) is 24.4 Å². The van der Waals surface area contributed by atoms with Crippen LogP contribution in [0, 0.1) is 0 Å². The first-order valence-corrected chi connectivity index (χ1v) is 2.64. The molecule has 0 aromatic carbocycles. The van der Waals surface area contributed by atoms with Crippen molar-refractivity contribution >= 4 is 5.84 Å². The third-order valence-corrected chi connectivity index (χ3v) is 1.14. The smallest absolute Gasteiger partial charge is 0.171 e. The fourth-order valence-electron chi connectivity index (χ4n) is 0.720. The van der Waals surface area contributed by atoms with Gasteiger partial charge in [0.15, 0.2) is 5.84 Å². The van der Waals surface area contributed by atoms with E-state index in [2.05, 4.69) is 16.2 Å². The Bertz CT molecular complexity index is 200. The Labute approximate surface area is 52.5 Å². The number of hydrazone groups is 1. The first-order chi connectivity index (χ1) is 4.47. The Morgan fingerprint density at radius 1 is 1.44 bits per heavy atom. The lowest BCUT2D eigenvalue weighted by molar-refractivity contribution is 0.368. The summed E-state index contributed by atoms with van der Waals surface area (Å²) in [6.07, 6.45) is 7.52. The van der Waals surface area contributed by atoms with Crippen molar-refractivity contribution in [1.29, 1.82) is 0 Å². The van der Waals surface area contributed by atoms with Crippen molar-refractivity contribution in [2.24, 2.45) is 5.10 Å². The van der Waals surface area contributed by atoms with E-state index in [1.807, 2.05) is 24.4 Å². The van der Waals surface area contributed by atoms with Crippen molar-refractivity contribution in [1.82, 2.24) is 16.1 Å². The zero-order valence-electron chi connectivity index (χ0n) is 4.65. The van der Waals surface area contributed by atoms with Gasteiger partial charge in [-0.1, -0.05) is 6.08 Å². The molecule has 0 bridgehead atoms. The molecule has 4 heteroatoms. The fourth-order valence-corrected chi connectivity index (χ4v) is 0.720. The summed E-state index contributed by atoms with van der Waals surface area (Å²) in [5.74, 6) is 0.831. The van der Waals surface area contributed by atoms with E-state index in [1.165, 1.54) is 0 Å². The third-order valence-electron chi connectivity index (χ3n) is 1.14. The SMILES string of the molecule is C1=CC2=NN[N]N2C=C1. The molecule has 0 fully saturated rings. The molecular formula is C5H5N4. The van der Waals surface area contributed by atoms with Crippen molar-refractivity contribution in [3.8, 4) is 0 Å². The number of rotatable bonds is 0. The van der Waals surface area contributed by atoms with Gasteiger partial charge in [-0.3, -0.25) is 0 Å². The van der Waals surface area contributed by atoms with Gasteiger partial charge in [-0.05, 0) is 12.2 Å². The molecule has 0 saturated carbocycles. The topological polar surface area (TPSA) is 41.7 Å². The van der Waals surface area contributed by atoms with E-state index in [4.69, 9.17) is 0 Å². The number of hydrogen-bond donors (Lipinski definition) is 1. The summed E-state index contributed by atoms with van der Waals surface area (Å²) in [5.41, 5.74) is 6.30. The van der Waals surface area contributed by atoms with Crippen LogP contribution in [0.2, 0.25) is 0 Å². The summed E-state index contributed by atoms with van der Waals surface area (Å²) >= 11 is 0. The second kappa shape index (κ2) is 1.60. The van der Waals surface area contributed by atoms with Gasteiger partial charge in [0.1, 0.15) is 0 Å². The first-order valence-electron chi connectivity index (χ1n) is 2.64. The Hall–Kier alpha value is -1.29. The van der Waals surface area contributed by atoms with Crippen LogP contribution in [0.4, 0.5) is 0 Å². The molecule has 0 unspecified atom stereocenters. The second-order valence-electron chi connectivity index (χ2n) is 1.72. The number of hydrogen-bond acceptors (Lipinski definition) is 3. The number of nitrogens with zero attached hydrogens (tertiary/aromatic N) is 3. The van der Waals surface area contributed by atoms with Gasteiger partial charge in [0.25, 0.3) is 0 Å². The molecular weight excluding hydrogens is 116 g/mol. The van der Waals surface area contributed by atoms with Gasteiger partial charge in [-0.2, -0.15) is 0 Å². The van der Waals surface area contributed by atoms with Crippen LogP contribution in [0.15, 0.2) is 29.5 Å². The largest absolute Gasteiger partial charge is 0.226 e. The molecule has 0 saturated heterocycles. The van der Waals surface area contributed by atoms with Crippen LogP contribution in [0.25, 0.3) is 0 Å². The average Bonchev–Trinajstić information content (AvgIpc) is 2.33. The minimum atomic E-state index is 0.831. The van der Waals surface area contributed by atoms with E-state index in [-0.39, 0.29) is 0 Å². The van der Waals surface area contributed by atoms with E-state index in [0.29, 0.717) is 0 Å². The quantitative estimate of drug-likeness (QED) is 0.479. The molecule has 2 aliphatic rings. The van der Waals surface area contributed by atoms with E-state index in [9.17, 15) is 0 Å². The molecule has 0 aromatic rings. The van der Waals surface area contributed by atoms with Gasteiger partial charge >= 0.3 is 0 Å². The predicted octanol–water partition coefficient (Wildman–Crippen LogP) is -0.277. The zero-order valence-corrected chi connectivity index (χ0v) is 4.65. The molecule has 1 radical (unpaired) electrons. The van der Waals surface area contributed by atoms with E-state index >= 15 is 0 Å². The molecule has 0 amide bonds. The number of allylic oxidation sites excluding steroid dienone is 2. The third kappa shape index (κ3) is 0.603. The van der Waals surface area contributed by atoms with E-state index < -0.39 is 0 Å². The lowest BCUT2D eigenvalue weighted by atomic mass is 10.4. The van der Waals surface area contributed by atoms with Crippen molar-refractivity contribution in [2.45, 2.75) is 0 Å². The van der Waals surface area contributed by atoms with E-state index in [1.54, 1.807) is 5.01 Å². The second-order valence-corrected chi connectivity index (χ2v) is 1.72. The highest BCUT2D eigenvalue weighted by Gasteiger charge is 2.13. The Morgan fingerprint density at radius 3 is 3.33 bits per heavy atom. The van der Waals surface area contributed by atoms with Crippen molar-refractivity contribution < 1.29 is 0 Å². The van der Waals surface area contributed by atoms with E-state index in [0.717, 1.165) is 5.84 Å². The summed E-state index contributed by atoms with van der Waals surface area (Å²) in [5, 5.41) is 5.51. The van der Waals surface area contributed by atoms with Crippen LogP contribution < -0.4 is 11.1 Å². The standard InChI is InChI=1S/C5H5N4/c1-2-4-9-5(3-1)6-7-8-9/h1-4,7H. The average molecular weight is 121 g/mol. The summed E-state index contributed by atoms with van der Waals surface area (Å²) in [7, 11) is 0. The van der Waals surface area contributed by atoms with Crippen LogP contribution in [-0.2, 0) is 0 Å². The maximum absolute atomic E-state index is 3.85. The molecule has 0 spiro atoms. The van der Waals surface area contributed by atoms with Gasteiger partial charge in [-0.15, -0.1) is 5.10 Å². The van der Waals surface area contributed by atoms with Crippen LogP contribution in [0.5, 0.6) is 0 Å². The monoisotopic (exact) mass is 121 g/mol. The lowest BCUT2D eigenvalue weighted by Gasteiger charge is -2.09. The Morgan fingerprint density at radius 2 is 2.44 bits per heavy atom. The molecule has 0 aliphatic carbocycles. The molecule has 2 aliphatic heterocycles. The summed E-state index contributed by atoms with van der Waals surface area (Å²) in [4.78, 5) is 0. The zero-order chi connectivity index (χ0) is 6.10. The summed E-state index contributed by atoms with van der Waals surface area (Å²) in [6.45, 7) is 0. The maximum Gasteiger partial charge on any atom is 0.171 e. The molecule has 45 valence electrons. The van der Waals surface area contributed by atoms with Crippen molar-refractivity contribution in [3.63, 3.8) is 0 Å². The number of fused-ring (bicyclic) bond motifs is 1. The molecule has 1 N–H and O–H groups in total. The number of nitrogens with one attached hydrogen (secondary N) is 1. The molecule has 9 heavy (non-hydrogen) atoms. The molecule has 2 rings (SSSR count). The molecule has 0 aromatic heterocycles. The first kappa shape index (κ1) is 4.58. The summed E-state index contributed by atoms with van der Waals surface area (Å²) < 4.78 is 0. The van der Waals surface area contributed by atoms with Gasteiger partial charge in [0, 0.05) is 11.7 Å².